The molecular formula is C32H56O4. The van der Waals surface area contributed by atoms with Crippen molar-refractivity contribution in [2.24, 2.45) is 21.7 Å². The van der Waals surface area contributed by atoms with Gasteiger partial charge in [0.1, 0.15) is 0 Å². The van der Waals surface area contributed by atoms with Gasteiger partial charge in [0.2, 0.25) is 0 Å². The Bertz CT molecular complexity index is 641. The number of rotatable bonds is 18. The van der Waals surface area contributed by atoms with Crippen LogP contribution in [0.15, 0.2) is 0 Å². The van der Waals surface area contributed by atoms with Gasteiger partial charge in [0, 0.05) is 23.7 Å². The highest BCUT2D eigenvalue weighted by atomic mass is 16.5. The molecule has 36 heavy (non-hydrogen) atoms. The smallest absolute Gasteiger partial charge is 0.305 e. The molecule has 0 saturated heterocycles. The fourth-order valence-electron chi connectivity index (χ4n) is 9.21. The van der Waals surface area contributed by atoms with Gasteiger partial charge in [-0.2, -0.15) is 0 Å². The maximum atomic E-state index is 12.6. The van der Waals surface area contributed by atoms with Crippen molar-refractivity contribution in [2.45, 2.75) is 156 Å². The van der Waals surface area contributed by atoms with Gasteiger partial charge in [0.05, 0.1) is 13.2 Å². The second kappa shape index (κ2) is 13.1. The van der Waals surface area contributed by atoms with E-state index in [1.165, 1.54) is 57.8 Å². The first-order chi connectivity index (χ1) is 17.2. The summed E-state index contributed by atoms with van der Waals surface area (Å²) in [7, 11) is 0. The molecule has 4 bridgehead atoms. The van der Waals surface area contributed by atoms with Gasteiger partial charge in [-0.05, 0) is 62.2 Å². The van der Waals surface area contributed by atoms with E-state index in [-0.39, 0.29) is 33.6 Å². The van der Waals surface area contributed by atoms with Crippen LogP contribution < -0.4 is 0 Å². The lowest BCUT2D eigenvalue weighted by Gasteiger charge is -2.69. The third kappa shape index (κ3) is 8.48. The van der Waals surface area contributed by atoms with E-state index in [0.717, 1.165) is 57.8 Å². The maximum Gasteiger partial charge on any atom is 0.305 e. The molecule has 0 aromatic carbocycles. The van der Waals surface area contributed by atoms with Crippen LogP contribution in [0.4, 0.5) is 0 Å². The monoisotopic (exact) mass is 504 g/mol. The number of unbranched alkanes of at least 4 members (excludes halogenated alkanes) is 10. The molecule has 0 radical (unpaired) electrons. The lowest BCUT2D eigenvalue weighted by molar-refractivity contribution is -0.221. The van der Waals surface area contributed by atoms with Crippen molar-refractivity contribution in [3.63, 3.8) is 0 Å². The van der Waals surface area contributed by atoms with Crippen LogP contribution in [0.1, 0.15) is 156 Å². The Kier molecular flexibility index (Phi) is 10.8. The van der Waals surface area contributed by atoms with E-state index >= 15 is 0 Å². The molecule has 0 aromatic heterocycles. The van der Waals surface area contributed by atoms with Crippen LogP contribution >= 0.6 is 0 Å². The summed E-state index contributed by atoms with van der Waals surface area (Å²) in [4.78, 5) is 25.1. The number of hydrogen-bond acceptors (Lipinski definition) is 4. The van der Waals surface area contributed by atoms with Crippen LogP contribution in [0.3, 0.4) is 0 Å². The summed E-state index contributed by atoms with van der Waals surface area (Å²) in [6.45, 7) is 10.4. The van der Waals surface area contributed by atoms with Crippen molar-refractivity contribution in [3.05, 3.63) is 0 Å². The van der Waals surface area contributed by atoms with Gasteiger partial charge in [0.25, 0.3) is 0 Å². The third-order valence-corrected chi connectivity index (χ3v) is 9.36. The summed E-state index contributed by atoms with van der Waals surface area (Å²) in [6.07, 6.45) is 22.2. The van der Waals surface area contributed by atoms with Gasteiger partial charge in [-0.15, -0.1) is 0 Å². The number of hydrogen-bond donors (Lipinski definition) is 0. The number of carbonyl (C=O) groups is 2. The Hall–Kier alpha value is -1.06. The lowest BCUT2D eigenvalue weighted by Crippen LogP contribution is -2.62. The fraction of sp³-hybridized carbons (Fsp3) is 0.938. The zero-order valence-corrected chi connectivity index (χ0v) is 24.2. The number of ether oxygens (including phenoxy) is 2. The van der Waals surface area contributed by atoms with E-state index in [1.807, 2.05) is 0 Å². The molecule has 0 heterocycles. The predicted molar refractivity (Wildman–Crippen MR) is 147 cm³/mol. The molecule has 4 aliphatic carbocycles. The largest absolute Gasteiger partial charge is 0.465 e. The predicted octanol–water partition coefficient (Wildman–Crippen LogP) is 8.94. The van der Waals surface area contributed by atoms with Crippen molar-refractivity contribution in [2.75, 3.05) is 13.2 Å². The first kappa shape index (κ1) is 29.5. The Labute approximate surface area is 222 Å². The molecule has 0 aliphatic heterocycles. The molecule has 4 aliphatic rings. The lowest BCUT2D eigenvalue weighted by atomic mass is 9.36. The van der Waals surface area contributed by atoms with Gasteiger partial charge in [-0.25, -0.2) is 0 Å². The van der Waals surface area contributed by atoms with Gasteiger partial charge >= 0.3 is 11.9 Å². The molecule has 0 spiro atoms. The molecule has 0 aromatic rings. The summed E-state index contributed by atoms with van der Waals surface area (Å²) in [5.41, 5.74) is 0.642. The van der Waals surface area contributed by atoms with Gasteiger partial charge in [-0.1, -0.05) is 91.9 Å². The van der Waals surface area contributed by atoms with Gasteiger partial charge in [0.15, 0.2) is 0 Å². The Morgan fingerprint density at radius 3 is 1.28 bits per heavy atom. The van der Waals surface area contributed by atoms with Crippen molar-refractivity contribution in [3.8, 4) is 0 Å². The van der Waals surface area contributed by atoms with Crippen LogP contribution in [-0.2, 0) is 19.1 Å². The van der Waals surface area contributed by atoms with Gasteiger partial charge in [-0.3, -0.25) is 9.59 Å². The zero-order chi connectivity index (χ0) is 26.1. The van der Waals surface area contributed by atoms with Crippen LogP contribution in [0.5, 0.6) is 0 Å². The quantitative estimate of drug-likeness (QED) is 0.138. The highest BCUT2D eigenvalue weighted by Crippen LogP contribution is 2.73. The third-order valence-electron chi connectivity index (χ3n) is 9.36. The Morgan fingerprint density at radius 1 is 0.528 bits per heavy atom. The van der Waals surface area contributed by atoms with E-state index in [9.17, 15) is 9.59 Å². The number of esters is 2. The molecule has 4 saturated carbocycles. The molecule has 0 atom stereocenters. The van der Waals surface area contributed by atoms with Crippen molar-refractivity contribution in [1.29, 1.82) is 0 Å². The van der Waals surface area contributed by atoms with Crippen LogP contribution in [0.2, 0.25) is 0 Å². The van der Waals surface area contributed by atoms with Crippen molar-refractivity contribution in [1.82, 2.24) is 0 Å². The maximum absolute atomic E-state index is 12.6. The summed E-state index contributed by atoms with van der Waals surface area (Å²) >= 11 is 0. The summed E-state index contributed by atoms with van der Waals surface area (Å²) in [5.74, 6) is -0.0353. The normalized spacial score (nSPS) is 32.6. The van der Waals surface area contributed by atoms with E-state index in [1.54, 1.807) is 0 Å². The molecule has 4 nitrogen and oxygen atoms in total. The molecule has 4 rings (SSSR count). The molecule has 4 heteroatoms. The molecule has 0 amide bonds. The average molecular weight is 505 g/mol. The summed E-state index contributed by atoms with van der Waals surface area (Å²) < 4.78 is 11.9. The topological polar surface area (TPSA) is 52.6 Å². The minimum absolute atomic E-state index is 0.0176. The molecular weight excluding hydrogens is 448 g/mol. The fourth-order valence-corrected chi connectivity index (χ4v) is 9.21. The minimum atomic E-state index is -0.0176. The minimum Gasteiger partial charge on any atom is -0.465 e. The van der Waals surface area contributed by atoms with Crippen LogP contribution in [0, 0.1) is 21.7 Å². The standard InChI is InChI=1S/C32H56O4/c1-5-7-9-11-13-15-17-27(33)35-25-31-20-29(3)19-30(4,21-31)23-32(22-29,24-31)26-36-28(34)18-16-14-12-10-8-6-2/h5-26H2,1-4H3. The molecule has 208 valence electrons. The van der Waals surface area contributed by atoms with E-state index in [4.69, 9.17) is 9.47 Å². The Balaban J connectivity index is 1.48. The SMILES string of the molecule is CCCCCCCCC(=O)OCC12CC3(C)CC(C)(C1)CC(COC(=O)CCCCCCCC)(C3)C2. The second-order valence-corrected chi connectivity index (χ2v) is 14.0. The highest BCUT2D eigenvalue weighted by Gasteiger charge is 2.66. The molecule has 0 unspecified atom stereocenters. The van der Waals surface area contributed by atoms with Crippen molar-refractivity contribution >= 4 is 11.9 Å². The van der Waals surface area contributed by atoms with Crippen LogP contribution in [0.25, 0.3) is 0 Å². The van der Waals surface area contributed by atoms with E-state index in [0.29, 0.717) is 26.1 Å². The zero-order valence-electron chi connectivity index (χ0n) is 24.2. The van der Waals surface area contributed by atoms with Crippen LogP contribution in [-0.4, -0.2) is 25.2 Å². The highest BCUT2D eigenvalue weighted by molar-refractivity contribution is 5.69. The van der Waals surface area contributed by atoms with Crippen molar-refractivity contribution < 1.29 is 19.1 Å². The number of carbonyl (C=O) groups excluding carboxylic acids is 2. The van der Waals surface area contributed by atoms with E-state index in [2.05, 4.69) is 27.7 Å². The molecule has 0 N–H and O–H groups in total. The molecule has 4 fully saturated rings. The van der Waals surface area contributed by atoms with E-state index < -0.39 is 0 Å². The van der Waals surface area contributed by atoms with Gasteiger partial charge < -0.3 is 9.47 Å². The Morgan fingerprint density at radius 2 is 0.889 bits per heavy atom. The summed E-state index contributed by atoms with van der Waals surface area (Å²) in [6, 6.07) is 0. The summed E-state index contributed by atoms with van der Waals surface area (Å²) in [5, 5.41) is 0. The first-order valence-corrected chi connectivity index (χ1v) is 15.5. The second-order valence-electron chi connectivity index (χ2n) is 14.0. The first-order valence-electron chi connectivity index (χ1n) is 15.5. The average Bonchev–Trinajstić information content (AvgIpc) is 2.79.